The van der Waals surface area contributed by atoms with Crippen LogP contribution in [0, 0.1) is 0 Å². The maximum Gasteiger partial charge on any atom is 0.0474 e. The summed E-state index contributed by atoms with van der Waals surface area (Å²) < 4.78 is 0. The number of benzene rings is 1. The van der Waals surface area contributed by atoms with Crippen LogP contribution in [-0.4, -0.2) is 0 Å². The average Bonchev–Trinajstić information content (AvgIpc) is 2.40. The summed E-state index contributed by atoms with van der Waals surface area (Å²) in [5, 5.41) is 0. The van der Waals surface area contributed by atoms with Crippen molar-refractivity contribution in [3.8, 4) is 11.1 Å². The fraction of sp³-hybridized carbons (Fsp3) is 0.143. The van der Waals surface area contributed by atoms with Crippen molar-refractivity contribution in [1.29, 1.82) is 0 Å². The summed E-state index contributed by atoms with van der Waals surface area (Å²) >= 11 is 5.55. The molecule has 40 valence electrons. The van der Waals surface area contributed by atoms with Gasteiger partial charge in [-0.1, -0.05) is 0 Å². The van der Waals surface area contributed by atoms with Crippen LogP contribution in [-0.2, 0) is 5.88 Å². The van der Waals surface area contributed by atoms with Crippen LogP contribution in [0.4, 0.5) is 0 Å². The summed E-state index contributed by atoms with van der Waals surface area (Å²) in [4.78, 5) is 0. The highest BCUT2D eigenvalue weighted by molar-refractivity contribution is 6.17. The standard InChI is InChI=1S/C7H5Cl/c8-4-5-1-6-3-7(6)2-5/h1-3H,4H2. The third kappa shape index (κ3) is 0.466. The minimum Gasteiger partial charge on any atom is -0.122 e. The summed E-state index contributed by atoms with van der Waals surface area (Å²) in [7, 11) is 0. The van der Waals surface area contributed by atoms with Gasteiger partial charge >= 0.3 is 0 Å². The van der Waals surface area contributed by atoms with Crippen molar-refractivity contribution in [3.63, 3.8) is 0 Å². The predicted octanol–water partition coefficient (Wildman–Crippen LogP) is 2.41. The molecule has 0 spiro atoms. The molecular weight excluding hydrogens is 120 g/mol. The van der Waals surface area contributed by atoms with Crippen LogP contribution >= 0.6 is 11.6 Å². The van der Waals surface area contributed by atoms with Gasteiger partial charge in [-0.3, -0.25) is 0 Å². The molecular formula is C7H5Cl. The molecule has 0 saturated carbocycles. The summed E-state index contributed by atoms with van der Waals surface area (Å²) in [5.74, 6) is 0.654. The number of hydrogen-bond acceptors (Lipinski definition) is 0. The fourth-order valence-electron chi connectivity index (χ4n) is 0.900. The van der Waals surface area contributed by atoms with Crippen molar-refractivity contribution in [2.45, 2.75) is 5.88 Å². The molecule has 0 heterocycles. The van der Waals surface area contributed by atoms with Gasteiger partial charge in [-0.25, -0.2) is 0 Å². The molecule has 0 bridgehead atoms. The van der Waals surface area contributed by atoms with E-state index in [0.717, 1.165) is 0 Å². The highest BCUT2D eigenvalue weighted by atomic mass is 35.5. The van der Waals surface area contributed by atoms with Gasteiger partial charge in [0.25, 0.3) is 0 Å². The van der Waals surface area contributed by atoms with Gasteiger partial charge in [0.2, 0.25) is 0 Å². The molecule has 2 aliphatic rings. The van der Waals surface area contributed by atoms with E-state index in [1.807, 2.05) is 0 Å². The largest absolute Gasteiger partial charge is 0.122 e. The maximum atomic E-state index is 5.55. The molecule has 0 saturated heterocycles. The van der Waals surface area contributed by atoms with E-state index in [4.69, 9.17) is 11.6 Å². The van der Waals surface area contributed by atoms with Crippen molar-refractivity contribution in [2.75, 3.05) is 0 Å². The van der Waals surface area contributed by atoms with Crippen LogP contribution < -0.4 is 0 Å². The van der Waals surface area contributed by atoms with Gasteiger partial charge in [-0.05, 0) is 34.9 Å². The lowest BCUT2D eigenvalue weighted by Crippen LogP contribution is -1.63. The maximum absolute atomic E-state index is 5.55. The average molecular weight is 125 g/mol. The Labute approximate surface area is 53.1 Å². The molecule has 0 aromatic heterocycles. The normalized spacial score (nSPS) is 11.6. The SMILES string of the molecule is ClCc1cc2cc-2c1. The van der Waals surface area contributed by atoms with Gasteiger partial charge < -0.3 is 0 Å². The van der Waals surface area contributed by atoms with Crippen molar-refractivity contribution in [2.24, 2.45) is 0 Å². The van der Waals surface area contributed by atoms with Crippen LogP contribution in [0.1, 0.15) is 5.56 Å². The zero-order valence-electron chi connectivity index (χ0n) is 4.32. The van der Waals surface area contributed by atoms with E-state index in [1.165, 1.54) is 16.7 Å². The molecule has 0 aliphatic heterocycles. The van der Waals surface area contributed by atoms with Crippen LogP contribution in [0.5, 0.6) is 0 Å². The third-order valence-corrected chi connectivity index (χ3v) is 1.71. The van der Waals surface area contributed by atoms with E-state index >= 15 is 0 Å². The van der Waals surface area contributed by atoms with Crippen molar-refractivity contribution in [1.82, 2.24) is 0 Å². The minimum atomic E-state index is 0.654. The first-order chi connectivity index (χ1) is 3.90. The van der Waals surface area contributed by atoms with Gasteiger partial charge in [0.1, 0.15) is 0 Å². The van der Waals surface area contributed by atoms with E-state index in [0.29, 0.717) is 5.88 Å². The van der Waals surface area contributed by atoms with Crippen LogP contribution in [0.15, 0.2) is 18.2 Å². The Morgan fingerprint density at radius 1 is 1.12 bits per heavy atom. The molecule has 0 unspecified atom stereocenters. The minimum absolute atomic E-state index is 0.654. The second-order valence-corrected chi connectivity index (χ2v) is 2.32. The number of fused-ring (bicyclic) bond motifs is 1. The summed E-state index contributed by atoms with van der Waals surface area (Å²) in [6.45, 7) is 0. The summed E-state index contributed by atoms with van der Waals surface area (Å²) in [5.41, 5.74) is 4.00. The predicted molar refractivity (Wildman–Crippen MR) is 35.0 cm³/mol. The Balaban J connectivity index is 2.45. The van der Waals surface area contributed by atoms with Crippen molar-refractivity contribution >= 4 is 11.6 Å². The van der Waals surface area contributed by atoms with Gasteiger partial charge in [0.05, 0.1) is 0 Å². The van der Waals surface area contributed by atoms with Crippen LogP contribution in [0.2, 0.25) is 0 Å². The highest BCUT2D eigenvalue weighted by Gasteiger charge is 2.12. The van der Waals surface area contributed by atoms with Crippen LogP contribution in [0.25, 0.3) is 11.1 Å². The van der Waals surface area contributed by atoms with E-state index < -0.39 is 0 Å². The van der Waals surface area contributed by atoms with Crippen LogP contribution in [0.3, 0.4) is 0 Å². The number of rotatable bonds is 1. The lowest BCUT2D eigenvalue weighted by atomic mass is 10.4. The van der Waals surface area contributed by atoms with Gasteiger partial charge in [-0.15, -0.1) is 11.6 Å². The Bertz CT molecular complexity index is 208. The van der Waals surface area contributed by atoms with E-state index in [2.05, 4.69) is 18.2 Å². The molecule has 0 atom stereocenters. The van der Waals surface area contributed by atoms with E-state index in [-0.39, 0.29) is 0 Å². The number of halogens is 1. The molecule has 2 aliphatic carbocycles. The zero-order valence-corrected chi connectivity index (χ0v) is 5.07. The molecule has 0 amide bonds. The molecule has 0 aromatic rings. The topological polar surface area (TPSA) is 0 Å². The van der Waals surface area contributed by atoms with Gasteiger partial charge in [0.15, 0.2) is 0 Å². The second-order valence-electron chi connectivity index (χ2n) is 2.05. The Morgan fingerprint density at radius 2 is 1.75 bits per heavy atom. The third-order valence-electron chi connectivity index (χ3n) is 1.40. The van der Waals surface area contributed by atoms with E-state index in [1.54, 1.807) is 0 Å². The first kappa shape index (κ1) is 4.39. The van der Waals surface area contributed by atoms with Crippen molar-refractivity contribution < 1.29 is 0 Å². The Hall–Kier alpha value is -0.490. The Morgan fingerprint density at radius 3 is 2.12 bits per heavy atom. The molecule has 1 heteroatoms. The Kier molecular flexibility index (Phi) is 0.694. The molecule has 0 aromatic carbocycles. The highest BCUT2D eigenvalue weighted by Crippen LogP contribution is 2.36. The molecule has 0 N–H and O–H groups in total. The number of alkyl halides is 1. The lowest BCUT2D eigenvalue weighted by Gasteiger charge is -1.79. The van der Waals surface area contributed by atoms with Gasteiger partial charge in [-0.2, -0.15) is 0 Å². The van der Waals surface area contributed by atoms with Crippen molar-refractivity contribution in [3.05, 3.63) is 23.8 Å². The van der Waals surface area contributed by atoms with Gasteiger partial charge in [0, 0.05) is 5.88 Å². The quantitative estimate of drug-likeness (QED) is 0.512. The zero-order chi connectivity index (χ0) is 5.56. The fourth-order valence-corrected chi connectivity index (χ4v) is 1.05. The molecule has 8 heavy (non-hydrogen) atoms. The number of hydrogen-bond donors (Lipinski definition) is 0. The first-order valence-corrected chi connectivity index (χ1v) is 3.14. The molecule has 2 rings (SSSR count). The van der Waals surface area contributed by atoms with E-state index in [9.17, 15) is 0 Å². The first-order valence-electron chi connectivity index (χ1n) is 2.60. The smallest absolute Gasteiger partial charge is 0.0474 e. The second kappa shape index (κ2) is 1.26. The molecule has 0 fully saturated rings. The summed E-state index contributed by atoms with van der Waals surface area (Å²) in [6.07, 6.45) is 0. The lowest BCUT2D eigenvalue weighted by molar-refractivity contribution is 1.46. The monoisotopic (exact) mass is 124 g/mol. The summed E-state index contributed by atoms with van der Waals surface area (Å²) in [6, 6.07) is 6.40. The molecule has 0 radical (unpaired) electrons. The molecule has 0 nitrogen and oxygen atoms in total.